The first-order chi connectivity index (χ1) is 15.6. The third kappa shape index (κ3) is 5.04. The lowest BCUT2D eigenvalue weighted by Crippen LogP contribution is -2.51. The van der Waals surface area contributed by atoms with Gasteiger partial charge in [0.1, 0.15) is 6.10 Å². The SMILES string of the molecule is C.CC(C)CCCC(C)C1CCC2C3CC=C4C[C@@H](OC(=O)C(C)C)CC[C@]4(C)C3CC[C@]12C. The van der Waals surface area contributed by atoms with E-state index in [1.807, 2.05) is 13.8 Å². The molecule has 0 aromatic carbocycles. The fourth-order valence-corrected chi connectivity index (χ4v) is 9.05. The molecule has 3 saturated carbocycles. The molecule has 196 valence electrons. The van der Waals surface area contributed by atoms with Gasteiger partial charge in [-0.1, -0.05) is 86.8 Å². The molecule has 4 aliphatic carbocycles. The average molecular weight is 473 g/mol. The van der Waals surface area contributed by atoms with Crippen LogP contribution in [0.4, 0.5) is 0 Å². The van der Waals surface area contributed by atoms with Gasteiger partial charge in [0.05, 0.1) is 5.92 Å². The quantitative estimate of drug-likeness (QED) is 0.272. The van der Waals surface area contributed by atoms with Crippen LogP contribution in [0, 0.1) is 52.3 Å². The number of carbonyl (C=O) groups is 1. The Hall–Kier alpha value is -0.790. The highest BCUT2D eigenvalue weighted by Crippen LogP contribution is 2.67. The molecular weight excluding hydrogens is 416 g/mol. The lowest BCUT2D eigenvalue weighted by atomic mass is 9.47. The van der Waals surface area contributed by atoms with Gasteiger partial charge in [0.15, 0.2) is 0 Å². The first-order valence-corrected chi connectivity index (χ1v) is 14.5. The highest BCUT2D eigenvalue weighted by molar-refractivity contribution is 5.71. The Morgan fingerprint density at radius 3 is 2.41 bits per heavy atom. The van der Waals surface area contributed by atoms with Crippen molar-refractivity contribution in [3.8, 4) is 0 Å². The van der Waals surface area contributed by atoms with E-state index in [0.29, 0.717) is 10.8 Å². The molecule has 3 fully saturated rings. The van der Waals surface area contributed by atoms with Crippen LogP contribution < -0.4 is 0 Å². The molecule has 0 heterocycles. The lowest BCUT2D eigenvalue weighted by molar-refractivity contribution is -0.155. The number of hydrogen-bond donors (Lipinski definition) is 0. The summed E-state index contributed by atoms with van der Waals surface area (Å²) >= 11 is 0. The van der Waals surface area contributed by atoms with Gasteiger partial charge in [-0.05, 0) is 91.3 Å². The van der Waals surface area contributed by atoms with Crippen molar-refractivity contribution in [3.63, 3.8) is 0 Å². The van der Waals surface area contributed by atoms with Crippen molar-refractivity contribution in [2.45, 2.75) is 133 Å². The van der Waals surface area contributed by atoms with Gasteiger partial charge < -0.3 is 4.74 Å². The summed E-state index contributed by atoms with van der Waals surface area (Å²) in [5.74, 6) is 5.24. The number of carbonyl (C=O) groups excluding carboxylic acids is 1. The zero-order valence-corrected chi connectivity index (χ0v) is 22.8. The second-order valence-corrected chi connectivity index (χ2v) is 13.7. The van der Waals surface area contributed by atoms with Crippen LogP contribution in [0.1, 0.15) is 127 Å². The van der Waals surface area contributed by atoms with Crippen molar-refractivity contribution in [3.05, 3.63) is 11.6 Å². The molecule has 0 bridgehead atoms. The minimum absolute atomic E-state index is 0. The lowest BCUT2D eigenvalue weighted by Gasteiger charge is -2.58. The zero-order chi connectivity index (χ0) is 24.0. The number of allylic oxidation sites excluding steroid dienone is 1. The summed E-state index contributed by atoms with van der Waals surface area (Å²) in [6.45, 7) is 16.5. The van der Waals surface area contributed by atoms with Crippen molar-refractivity contribution in [2.24, 2.45) is 52.3 Å². The maximum Gasteiger partial charge on any atom is 0.308 e. The molecule has 34 heavy (non-hydrogen) atoms. The third-order valence-corrected chi connectivity index (χ3v) is 11.0. The monoisotopic (exact) mass is 472 g/mol. The first kappa shape index (κ1) is 27.8. The van der Waals surface area contributed by atoms with Gasteiger partial charge in [-0.15, -0.1) is 0 Å². The van der Waals surface area contributed by atoms with Crippen molar-refractivity contribution >= 4 is 5.97 Å². The molecular formula is C32H56O2. The smallest absolute Gasteiger partial charge is 0.308 e. The molecule has 0 radical (unpaired) electrons. The van der Waals surface area contributed by atoms with Gasteiger partial charge in [-0.2, -0.15) is 0 Å². The highest BCUT2D eigenvalue weighted by atomic mass is 16.5. The van der Waals surface area contributed by atoms with Crippen molar-refractivity contribution in [1.29, 1.82) is 0 Å². The van der Waals surface area contributed by atoms with Crippen LogP contribution in [0.5, 0.6) is 0 Å². The summed E-state index contributed by atoms with van der Waals surface area (Å²) < 4.78 is 5.88. The summed E-state index contributed by atoms with van der Waals surface area (Å²) in [7, 11) is 0. The zero-order valence-electron chi connectivity index (χ0n) is 22.8. The topological polar surface area (TPSA) is 26.3 Å². The van der Waals surface area contributed by atoms with Crippen LogP contribution in [-0.2, 0) is 9.53 Å². The Kier molecular flexibility index (Phi) is 8.73. The van der Waals surface area contributed by atoms with Crippen molar-refractivity contribution in [1.82, 2.24) is 0 Å². The average Bonchev–Trinajstić information content (AvgIpc) is 3.11. The number of esters is 1. The molecule has 4 rings (SSSR count). The summed E-state index contributed by atoms with van der Waals surface area (Å²) in [5.41, 5.74) is 2.52. The standard InChI is InChI=1S/C31H52O2.CH4/c1-20(2)9-8-10-22(5)26-13-14-27-25-12-11-23-19-24(33-29(32)21(3)4)15-17-30(23,6)28(25)16-18-31(26,27)7;/h11,20-22,24-28H,8-10,12-19H2,1-7H3;1H4/t22?,24-,25?,26?,27?,28?,30-,31+;/m0./s1. The van der Waals surface area contributed by atoms with Crippen LogP contribution >= 0.6 is 0 Å². The highest BCUT2D eigenvalue weighted by Gasteiger charge is 2.59. The molecule has 4 aliphatic rings. The number of ether oxygens (including phenoxy) is 1. The van der Waals surface area contributed by atoms with Crippen molar-refractivity contribution in [2.75, 3.05) is 0 Å². The van der Waals surface area contributed by atoms with Crippen LogP contribution in [0.25, 0.3) is 0 Å². The van der Waals surface area contributed by atoms with E-state index < -0.39 is 0 Å². The molecule has 5 unspecified atom stereocenters. The van der Waals surface area contributed by atoms with E-state index in [1.54, 1.807) is 5.57 Å². The van der Waals surface area contributed by atoms with Crippen molar-refractivity contribution < 1.29 is 9.53 Å². The molecule has 0 N–H and O–H groups in total. The molecule has 0 amide bonds. The minimum Gasteiger partial charge on any atom is -0.462 e. The Balaban J connectivity index is 0.00000324. The molecule has 2 nitrogen and oxygen atoms in total. The first-order valence-electron chi connectivity index (χ1n) is 14.5. The Morgan fingerprint density at radius 1 is 1.00 bits per heavy atom. The van der Waals surface area contributed by atoms with Gasteiger partial charge in [-0.3, -0.25) is 4.79 Å². The Bertz CT molecular complexity index is 735. The summed E-state index contributed by atoms with van der Waals surface area (Å²) in [5, 5.41) is 0. The predicted molar refractivity (Wildman–Crippen MR) is 144 cm³/mol. The molecule has 0 spiro atoms. The second kappa shape index (κ2) is 10.7. The van der Waals surface area contributed by atoms with Gasteiger partial charge >= 0.3 is 5.97 Å². The largest absolute Gasteiger partial charge is 0.462 e. The fraction of sp³-hybridized carbons (Fsp3) is 0.906. The van der Waals surface area contributed by atoms with Gasteiger partial charge in [0.2, 0.25) is 0 Å². The van der Waals surface area contributed by atoms with Crippen LogP contribution in [-0.4, -0.2) is 12.1 Å². The summed E-state index contributed by atoms with van der Waals surface area (Å²) in [6.07, 6.45) is 17.2. The number of fused-ring (bicyclic) bond motifs is 5. The maximum absolute atomic E-state index is 12.2. The van der Waals surface area contributed by atoms with E-state index in [1.165, 1.54) is 57.8 Å². The second-order valence-electron chi connectivity index (χ2n) is 13.7. The number of hydrogen-bond acceptors (Lipinski definition) is 2. The molecule has 0 aliphatic heterocycles. The minimum atomic E-state index is -0.0258. The Morgan fingerprint density at radius 2 is 1.74 bits per heavy atom. The van der Waals surface area contributed by atoms with Crippen LogP contribution in [0.15, 0.2) is 11.6 Å². The van der Waals surface area contributed by atoms with E-state index in [9.17, 15) is 4.79 Å². The molecule has 0 saturated heterocycles. The summed E-state index contributed by atoms with van der Waals surface area (Å²) in [6, 6.07) is 0. The fourth-order valence-electron chi connectivity index (χ4n) is 9.05. The third-order valence-electron chi connectivity index (χ3n) is 11.0. The number of rotatable bonds is 7. The van der Waals surface area contributed by atoms with Gasteiger partial charge in [0, 0.05) is 6.42 Å². The van der Waals surface area contributed by atoms with Gasteiger partial charge in [0.25, 0.3) is 0 Å². The molecule has 2 heteroatoms. The van der Waals surface area contributed by atoms with Gasteiger partial charge in [-0.25, -0.2) is 0 Å². The predicted octanol–water partition coefficient (Wildman–Crippen LogP) is 9.23. The van der Waals surface area contributed by atoms with E-state index >= 15 is 0 Å². The molecule has 0 aromatic rings. The van der Waals surface area contributed by atoms with E-state index in [2.05, 4.69) is 40.7 Å². The van der Waals surface area contributed by atoms with Crippen LogP contribution in [0.3, 0.4) is 0 Å². The molecule has 8 atom stereocenters. The Labute approximate surface area is 212 Å². The van der Waals surface area contributed by atoms with Crippen LogP contribution in [0.2, 0.25) is 0 Å². The molecule has 0 aromatic heterocycles. The summed E-state index contributed by atoms with van der Waals surface area (Å²) in [4.78, 5) is 12.2. The normalized spacial score (nSPS) is 40.0. The van der Waals surface area contributed by atoms with E-state index in [4.69, 9.17) is 4.74 Å². The van der Waals surface area contributed by atoms with E-state index in [0.717, 1.165) is 48.3 Å². The van der Waals surface area contributed by atoms with E-state index in [-0.39, 0.29) is 25.4 Å². The maximum atomic E-state index is 12.2.